The van der Waals surface area contributed by atoms with Crippen molar-refractivity contribution in [2.45, 2.75) is 13.8 Å². The molecule has 2 atom stereocenters. The van der Waals surface area contributed by atoms with Crippen LogP contribution in [0.1, 0.15) is 22.8 Å². The fourth-order valence-electron chi connectivity index (χ4n) is 3.18. The Balaban J connectivity index is 2.11. The predicted molar refractivity (Wildman–Crippen MR) is 90.9 cm³/mol. The molecule has 1 aliphatic rings. The van der Waals surface area contributed by atoms with Crippen LogP contribution in [-0.4, -0.2) is 67.8 Å². The third kappa shape index (κ3) is 4.03. The number of rotatable bonds is 6. The van der Waals surface area contributed by atoms with Gasteiger partial charge in [-0.3, -0.25) is 4.79 Å². The zero-order valence-electron chi connectivity index (χ0n) is 14.6. The highest BCUT2D eigenvalue weighted by atomic mass is 16.5. The second kappa shape index (κ2) is 7.79. The van der Waals surface area contributed by atoms with E-state index in [2.05, 4.69) is 18.9 Å². The third-order valence-electron chi connectivity index (χ3n) is 4.84. The van der Waals surface area contributed by atoms with Gasteiger partial charge in [-0.25, -0.2) is 0 Å². The van der Waals surface area contributed by atoms with Crippen LogP contribution in [-0.2, 0) is 0 Å². The van der Waals surface area contributed by atoms with Crippen molar-refractivity contribution >= 4 is 5.91 Å². The van der Waals surface area contributed by atoms with E-state index < -0.39 is 0 Å². The highest BCUT2D eigenvalue weighted by molar-refractivity contribution is 5.95. The van der Waals surface area contributed by atoms with Gasteiger partial charge in [0.25, 0.3) is 5.91 Å². The summed E-state index contributed by atoms with van der Waals surface area (Å²) in [5.74, 6) is 1.22. The highest BCUT2D eigenvalue weighted by Gasteiger charge is 2.35. The van der Waals surface area contributed by atoms with Gasteiger partial charge in [0.2, 0.25) is 0 Å². The predicted octanol–water partition coefficient (Wildman–Crippen LogP) is 1.64. The molecule has 0 spiro atoms. The lowest BCUT2D eigenvalue weighted by molar-refractivity contribution is 0.0779. The van der Waals surface area contributed by atoms with Gasteiger partial charge in [-0.15, -0.1) is 0 Å². The van der Waals surface area contributed by atoms with E-state index in [0.29, 0.717) is 24.6 Å². The minimum Gasteiger partial charge on any atom is -0.496 e. The van der Waals surface area contributed by atoms with E-state index in [1.807, 2.05) is 24.0 Å². The molecule has 23 heavy (non-hydrogen) atoms. The third-order valence-corrected chi connectivity index (χ3v) is 4.84. The molecule has 1 aliphatic heterocycles. The molecular formula is C18H28N2O3. The van der Waals surface area contributed by atoms with E-state index in [0.717, 1.165) is 24.4 Å². The van der Waals surface area contributed by atoms with Crippen molar-refractivity contribution in [3.8, 4) is 5.75 Å². The summed E-state index contributed by atoms with van der Waals surface area (Å²) in [7, 11) is 3.69. The molecule has 1 fully saturated rings. The van der Waals surface area contributed by atoms with Gasteiger partial charge < -0.3 is 19.6 Å². The van der Waals surface area contributed by atoms with Gasteiger partial charge in [0.05, 0.1) is 7.11 Å². The largest absolute Gasteiger partial charge is 0.496 e. The van der Waals surface area contributed by atoms with Crippen LogP contribution in [0.5, 0.6) is 5.75 Å². The molecule has 0 bridgehead atoms. The van der Waals surface area contributed by atoms with Gasteiger partial charge >= 0.3 is 0 Å². The number of hydrogen-bond donors (Lipinski definition) is 1. The lowest BCUT2D eigenvalue weighted by Gasteiger charge is -2.22. The summed E-state index contributed by atoms with van der Waals surface area (Å²) in [5, 5.41) is 9.63. The molecule has 128 valence electrons. The summed E-state index contributed by atoms with van der Waals surface area (Å²) < 4.78 is 5.31. The zero-order chi connectivity index (χ0) is 17.0. The quantitative estimate of drug-likeness (QED) is 0.866. The summed E-state index contributed by atoms with van der Waals surface area (Å²) >= 11 is 0. The second-order valence-corrected chi connectivity index (χ2v) is 6.45. The molecule has 0 unspecified atom stereocenters. The fourth-order valence-corrected chi connectivity index (χ4v) is 3.18. The Hall–Kier alpha value is -1.59. The number of amides is 1. The number of aliphatic hydroxyl groups excluding tert-OH is 1. The molecule has 0 aliphatic carbocycles. The number of ether oxygens (including phenoxy) is 1. The standard InChI is InChI=1S/C18H28N2O3/c1-5-19(3)9-15-10-20(11-16(15)12-21)18(22)14-7-6-13(2)17(8-14)23-4/h6-8,15-16,21H,5,9-12H2,1-4H3/t15-,16-/m1/s1. The summed E-state index contributed by atoms with van der Waals surface area (Å²) in [6, 6.07) is 5.56. The molecule has 0 aromatic heterocycles. The topological polar surface area (TPSA) is 53.0 Å². The maximum atomic E-state index is 12.8. The van der Waals surface area contributed by atoms with Gasteiger partial charge in [0.15, 0.2) is 0 Å². The van der Waals surface area contributed by atoms with Crippen LogP contribution in [0.25, 0.3) is 0 Å². The number of methoxy groups -OCH3 is 1. The summed E-state index contributed by atoms with van der Waals surface area (Å²) in [4.78, 5) is 16.9. The number of likely N-dealkylation sites (tertiary alicyclic amines) is 1. The van der Waals surface area contributed by atoms with Crippen molar-refractivity contribution in [3.05, 3.63) is 29.3 Å². The van der Waals surface area contributed by atoms with Crippen LogP contribution >= 0.6 is 0 Å². The molecule has 1 heterocycles. The molecule has 0 saturated carbocycles. The van der Waals surface area contributed by atoms with Crippen LogP contribution in [0.2, 0.25) is 0 Å². The first-order valence-electron chi connectivity index (χ1n) is 8.23. The first kappa shape index (κ1) is 17.8. The van der Waals surface area contributed by atoms with Gasteiger partial charge in [-0.2, -0.15) is 0 Å². The fraction of sp³-hybridized carbons (Fsp3) is 0.611. The van der Waals surface area contributed by atoms with E-state index in [4.69, 9.17) is 4.74 Å². The monoisotopic (exact) mass is 320 g/mol. The number of nitrogens with zero attached hydrogens (tertiary/aromatic N) is 2. The molecule has 1 aromatic carbocycles. The van der Waals surface area contributed by atoms with Crippen LogP contribution in [0, 0.1) is 18.8 Å². The number of aliphatic hydroxyl groups is 1. The Kier molecular flexibility index (Phi) is 6.02. The zero-order valence-corrected chi connectivity index (χ0v) is 14.6. The maximum Gasteiger partial charge on any atom is 0.254 e. The van der Waals surface area contributed by atoms with E-state index in [1.54, 1.807) is 13.2 Å². The summed E-state index contributed by atoms with van der Waals surface area (Å²) in [6.07, 6.45) is 0. The van der Waals surface area contributed by atoms with Gasteiger partial charge in [-0.1, -0.05) is 13.0 Å². The first-order chi connectivity index (χ1) is 11.0. The smallest absolute Gasteiger partial charge is 0.254 e. The second-order valence-electron chi connectivity index (χ2n) is 6.45. The van der Waals surface area contributed by atoms with Gasteiger partial charge in [-0.05, 0) is 44.1 Å². The number of hydrogen-bond acceptors (Lipinski definition) is 4. The Bertz CT molecular complexity index is 547. The van der Waals surface area contributed by atoms with Gasteiger partial charge in [0, 0.05) is 37.7 Å². The molecule has 1 N–H and O–H groups in total. The van der Waals surface area contributed by atoms with Crippen molar-refractivity contribution in [2.24, 2.45) is 11.8 Å². The average molecular weight is 320 g/mol. The molecule has 2 rings (SSSR count). The van der Waals surface area contributed by atoms with Crippen LogP contribution in [0.4, 0.5) is 0 Å². The lowest BCUT2D eigenvalue weighted by Crippen LogP contribution is -2.32. The highest BCUT2D eigenvalue weighted by Crippen LogP contribution is 2.27. The number of carbonyl (C=O) groups is 1. The van der Waals surface area contributed by atoms with E-state index in [1.165, 1.54) is 0 Å². The van der Waals surface area contributed by atoms with Crippen LogP contribution in [0.15, 0.2) is 18.2 Å². The maximum absolute atomic E-state index is 12.8. The molecule has 5 heteroatoms. The minimum atomic E-state index is 0.0170. The molecule has 5 nitrogen and oxygen atoms in total. The SMILES string of the molecule is CCN(C)C[C@@H]1CN(C(=O)c2ccc(C)c(OC)c2)C[C@@H]1CO. The van der Waals surface area contributed by atoms with Crippen LogP contribution in [0.3, 0.4) is 0 Å². The summed E-state index contributed by atoms with van der Waals surface area (Å²) in [5.41, 5.74) is 1.66. The average Bonchev–Trinajstić information content (AvgIpc) is 2.97. The van der Waals surface area contributed by atoms with Crippen molar-refractivity contribution in [2.75, 3.05) is 46.9 Å². The molecule has 1 aromatic rings. The normalized spacial score (nSPS) is 21.0. The van der Waals surface area contributed by atoms with Crippen molar-refractivity contribution in [3.63, 3.8) is 0 Å². The molecular weight excluding hydrogens is 292 g/mol. The Labute approximate surface area is 138 Å². The van der Waals surface area contributed by atoms with E-state index in [-0.39, 0.29) is 18.4 Å². The van der Waals surface area contributed by atoms with Crippen molar-refractivity contribution in [1.82, 2.24) is 9.80 Å². The summed E-state index contributed by atoms with van der Waals surface area (Å²) in [6.45, 7) is 7.40. The number of aryl methyl sites for hydroxylation is 1. The van der Waals surface area contributed by atoms with Crippen LogP contribution < -0.4 is 4.74 Å². The van der Waals surface area contributed by atoms with E-state index in [9.17, 15) is 9.90 Å². The van der Waals surface area contributed by atoms with Crippen molar-refractivity contribution in [1.29, 1.82) is 0 Å². The first-order valence-corrected chi connectivity index (χ1v) is 8.23. The van der Waals surface area contributed by atoms with E-state index >= 15 is 0 Å². The molecule has 1 amide bonds. The minimum absolute atomic E-state index is 0.0170. The lowest BCUT2D eigenvalue weighted by atomic mass is 9.96. The van der Waals surface area contributed by atoms with Crippen molar-refractivity contribution < 1.29 is 14.6 Å². The number of benzene rings is 1. The molecule has 1 saturated heterocycles. The number of carbonyl (C=O) groups excluding carboxylic acids is 1. The Morgan fingerprint density at radius 2 is 2.09 bits per heavy atom. The Morgan fingerprint density at radius 3 is 2.70 bits per heavy atom. The van der Waals surface area contributed by atoms with Gasteiger partial charge in [0.1, 0.15) is 5.75 Å². The Morgan fingerprint density at radius 1 is 1.39 bits per heavy atom. The molecule has 0 radical (unpaired) electrons.